The van der Waals surface area contributed by atoms with Crippen molar-refractivity contribution in [3.05, 3.63) is 28.3 Å². The third-order valence-electron chi connectivity index (χ3n) is 2.68. The van der Waals surface area contributed by atoms with Gasteiger partial charge in [0.2, 0.25) is 0 Å². The molecule has 3 N–H and O–H groups in total. The molecule has 6 heteroatoms. The van der Waals surface area contributed by atoms with Crippen LogP contribution in [-0.2, 0) is 0 Å². The summed E-state index contributed by atoms with van der Waals surface area (Å²) in [5.74, 6) is -0.0869. The predicted octanol–water partition coefficient (Wildman–Crippen LogP) is 1.79. The molecule has 1 amide bonds. The van der Waals surface area contributed by atoms with Gasteiger partial charge in [0.15, 0.2) is 0 Å². The van der Waals surface area contributed by atoms with Gasteiger partial charge >= 0.3 is 0 Å². The molecule has 19 heavy (non-hydrogen) atoms. The summed E-state index contributed by atoms with van der Waals surface area (Å²) in [5, 5.41) is 9.02. The molecule has 2 aromatic heterocycles. The standard InChI is InChI=1S/C13H18N4OS/c1-3-14-4-5-15-13(18)11-6-10(7-16-11)12-8-19-9(2)17-12/h6-8,14,16H,3-5H2,1-2H3,(H,15,18). The Hall–Kier alpha value is -1.66. The third-order valence-corrected chi connectivity index (χ3v) is 3.45. The average Bonchev–Trinajstić information content (AvgIpc) is 3.02. The number of carbonyl (C=O) groups excluding carboxylic acids is 1. The van der Waals surface area contributed by atoms with Gasteiger partial charge in [-0.3, -0.25) is 4.79 Å². The first-order valence-electron chi connectivity index (χ1n) is 6.30. The first kappa shape index (κ1) is 13.8. The molecule has 0 bridgehead atoms. The summed E-state index contributed by atoms with van der Waals surface area (Å²) in [4.78, 5) is 19.3. The minimum atomic E-state index is -0.0869. The van der Waals surface area contributed by atoms with Gasteiger partial charge in [0.05, 0.1) is 10.7 Å². The van der Waals surface area contributed by atoms with E-state index in [1.54, 1.807) is 11.3 Å². The number of nitrogens with one attached hydrogen (secondary N) is 3. The molecule has 0 fully saturated rings. The number of H-pyrrole nitrogens is 1. The topological polar surface area (TPSA) is 69.8 Å². The summed E-state index contributed by atoms with van der Waals surface area (Å²) in [6, 6.07) is 1.83. The van der Waals surface area contributed by atoms with Gasteiger partial charge in [0.25, 0.3) is 5.91 Å². The number of hydrogen-bond donors (Lipinski definition) is 3. The second-order valence-electron chi connectivity index (χ2n) is 4.16. The van der Waals surface area contributed by atoms with Crippen molar-refractivity contribution < 1.29 is 4.79 Å². The largest absolute Gasteiger partial charge is 0.357 e. The minimum Gasteiger partial charge on any atom is -0.357 e. The van der Waals surface area contributed by atoms with E-state index < -0.39 is 0 Å². The SMILES string of the molecule is CCNCCNC(=O)c1cc(-c2csc(C)n2)c[nH]1. The van der Waals surface area contributed by atoms with Crippen molar-refractivity contribution in [2.45, 2.75) is 13.8 Å². The highest BCUT2D eigenvalue weighted by atomic mass is 32.1. The number of thiazole rings is 1. The van der Waals surface area contributed by atoms with Gasteiger partial charge in [-0.2, -0.15) is 0 Å². The van der Waals surface area contributed by atoms with Crippen LogP contribution in [0.3, 0.4) is 0 Å². The van der Waals surface area contributed by atoms with E-state index in [-0.39, 0.29) is 5.91 Å². The lowest BCUT2D eigenvalue weighted by Crippen LogP contribution is -2.31. The molecule has 0 unspecified atom stereocenters. The molecule has 0 atom stereocenters. The maximum Gasteiger partial charge on any atom is 0.267 e. The van der Waals surface area contributed by atoms with E-state index in [2.05, 4.69) is 20.6 Å². The number of likely N-dealkylation sites (N-methyl/N-ethyl adjacent to an activating group) is 1. The van der Waals surface area contributed by atoms with E-state index in [0.29, 0.717) is 12.2 Å². The van der Waals surface area contributed by atoms with Crippen LogP contribution in [0.1, 0.15) is 22.4 Å². The first-order valence-corrected chi connectivity index (χ1v) is 7.18. The maximum absolute atomic E-state index is 11.9. The molecule has 2 rings (SSSR count). The van der Waals surface area contributed by atoms with Gasteiger partial charge in [0.1, 0.15) is 5.69 Å². The fourth-order valence-electron chi connectivity index (χ4n) is 1.71. The zero-order chi connectivity index (χ0) is 13.7. The Bertz CT molecular complexity index is 546. The molecule has 0 saturated heterocycles. The van der Waals surface area contributed by atoms with E-state index in [9.17, 15) is 4.79 Å². The Morgan fingerprint density at radius 2 is 2.32 bits per heavy atom. The number of aromatic amines is 1. The van der Waals surface area contributed by atoms with Crippen LogP contribution >= 0.6 is 11.3 Å². The number of aryl methyl sites for hydroxylation is 1. The third kappa shape index (κ3) is 3.65. The summed E-state index contributed by atoms with van der Waals surface area (Å²) in [6.07, 6.45) is 1.81. The molecule has 0 saturated carbocycles. The van der Waals surface area contributed by atoms with Gasteiger partial charge in [-0.15, -0.1) is 11.3 Å². The number of amides is 1. The predicted molar refractivity (Wildman–Crippen MR) is 77.5 cm³/mol. The summed E-state index contributed by atoms with van der Waals surface area (Å²) < 4.78 is 0. The van der Waals surface area contributed by atoms with Crippen molar-refractivity contribution in [3.63, 3.8) is 0 Å². The van der Waals surface area contributed by atoms with E-state index in [0.717, 1.165) is 29.4 Å². The van der Waals surface area contributed by atoms with Gasteiger partial charge in [-0.05, 0) is 19.5 Å². The second kappa shape index (κ2) is 6.49. The lowest BCUT2D eigenvalue weighted by atomic mass is 10.2. The van der Waals surface area contributed by atoms with Crippen molar-refractivity contribution in [1.29, 1.82) is 0 Å². The van der Waals surface area contributed by atoms with Crippen molar-refractivity contribution in [1.82, 2.24) is 20.6 Å². The quantitative estimate of drug-likeness (QED) is 0.706. The molecule has 0 aliphatic carbocycles. The molecule has 0 aliphatic heterocycles. The van der Waals surface area contributed by atoms with Crippen molar-refractivity contribution >= 4 is 17.2 Å². The smallest absolute Gasteiger partial charge is 0.267 e. The molecule has 0 spiro atoms. The summed E-state index contributed by atoms with van der Waals surface area (Å²) in [5.41, 5.74) is 2.42. The second-order valence-corrected chi connectivity index (χ2v) is 5.23. The fourth-order valence-corrected chi connectivity index (χ4v) is 2.33. The van der Waals surface area contributed by atoms with E-state index in [1.807, 2.05) is 31.5 Å². The van der Waals surface area contributed by atoms with E-state index >= 15 is 0 Å². The van der Waals surface area contributed by atoms with Gasteiger partial charge in [0, 0.05) is 30.2 Å². The van der Waals surface area contributed by atoms with Crippen molar-refractivity contribution in [2.75, 3.05) is 19.6 Å². The number of nitrogens with zero attached hydrogens (tertiary/aromatic N) is 1. The molecule has 0 radical (unpaired) electrons. The molecule has 102 valence electrons. The summed E-state index contributed by atoms with van der Waals surface area (Å²) in [7, 11) is 0. The Labute approximate surface area is 116 Å². The van der Waals surface area contributed by atoms with Gasteiger partial charge < -0.3 is 15.6 Å². The Morgan fingerprint density at radius 3 is 3.00 bits per heavy atom. The zero-order valence-electron chi connectivity index (χ0n) is 11.1. The van der Waals surface area contributed by atoms with Gasteiger partial charge in [-0.25, -0.2) is 4.98 Å². The number of hydrogen-bond acceptors (Lipinski definition) is 4. The first-order chi connectivity index (χ1) is 9.20. The lowest BCUT2D eigenvalue weighted by molar-refractivity contribution is 0.0949. The zero-order valence-corrected chi connectivity index (χ0v) is 11.9. The van der Waals surface area contributed by atoms with E-state index in [4.69, 9.17) is 0 Å². The maximum atomic E-state index is 11.9. The molecule has 2 aromatic rings. The summed E-state index contributed by atoms with van der Waals surface area (Å²) in [6.45, 7) is 6.31. The monoisotopic (exact) mass is 278 g/mol. The number of aromatic nitrogens is 2. The van der Waals surface area contributed by atoms with Crippen LogP contribution in [0.4, 0.5) is 0 Å². The highest BCUT2D eigenvalue weighted by Gasteiger charge is 2.10. The minimum absolute atomic E-state index is 0.0869. The Kier molecular flexibility index (Phi) is 4.70. The van der Waals surface area contributed by atoms with Crippen LogP contribution in [0, 0.1) is 6.92 Å². The van der Waals surface area contributed by atoms with Crippen LogP contribution in [-0.4, -0.2) is 35.5 Å². The molecular formula is C13H18N4OS. The van der Waals surface area contributed by atoms with Crippen LogP contribution in [0.25, 0.3) is 11.3 Å². The van der Waals surface area contributed by atoms with E-state index in [1.165, 1.54) is 0 Å². The van der Waals surface area contributed by atoms with Crippen LogP contribution in [0.5, 0.6) is 0 Å². The Morgan fingerprint density at radius 1 is 1.47 bits per heavy atom. The van der Waals surface area contributed by atoms with Crippen LogP contribution < -0.4 is 10.6 Å². The molecule has 5 nitrogen and oxygen atoms in total. The fraction of sp³-hybridized carbons (Fsp3) is 0.385. The molecule has 2 heterocycles. The Balaban J connectivity index is 1.95. The molecule has 0 aromatic carbocycles. The normalized spacial score (nSPS) is 10.6. The molecule has 0 aliphatic rings. The van der Waals surface area contributed by atoms with Crippen molar-refractivity contribution in [2.24, 2.45) is 0 Å². The average molecular weight is 278 g/mol. The summed E-state index contributed by atoms with van der Waals surface area (Å²) >= 11 is 1.60. The van der Waals surface area contributed by atoms with Gasteiger partial charge in [-0.1, -0.05) is 6.92 Å². The van der Waals surface area contributed by atoms with Crippen molar-refractivity contribution in [3.8, 4) is 11.3 Å². The number of rotatable bonds is 6. The van der Waals surface area contributed by atoms with Crippen LogP contribution in [0.15, 0.2) is 17.6 Å². The lowest BCUT2D eigenvalue weighted by Gasteiger charge is -2.03. The highest BCUT2D eigenvalue weighted by Crippen LogP contribution is 2.22. The number of carbonyl (C=O) groups is 1. The molecular weight excluding hydrogens is 260 g/mol. The van der Waals surface area contributed by atoms with Crippen LogP contribution in [0.2, 0.25) is 0 Å². The highest BCUT2D eigenvalue weighted by molar-refractivity contribution is 7.09.